The van der Waals surface area contributed by atoms with E-state index in [4.69, 9.17) is 0 Å². The van der Waals surface area contributed by atoms with Crippen LogP contribution in [0.5, 0.6) is 0 Å². The molecule has 0 bridgehead atoms. The van der Waals surface area contributed by atoms with Crippen molar-refractivity contribution in [3.05, 3.63) is 24.3 Å². The SMILES string of the molecule is CC(=O)Nc1ccc(NC(=O)CC(=O)NC(C)C)cc1. The van der Waals surface area contributed by atoms with Crippen LogP contribution >= 0.6 is 0 Å². The summed E-state index contributed by atoms with van der Waals surface area (Å²) in [6.45, 7) is 5.08. The normalized spacial score (nSPS) is 10.0. The first-order valence-electron chi connectivity index (χ1n) is 6.33. The van der Waals surface area contributed by atoms with Crippen molar-refractivity contribution in [2.45, 2.75) is 33.2 Å². The van der Waals surface area contributed by atoms with E-state index in [-0.39, 0.29) is 30.2 Å². The Kier molecular flexibility index (Phi) is 5.71. The molecular formula is C14H19N3O3. The zero-order valence-electron chi connectivity index (χ0n) is 11.8. The van der Waals surface area contributed by atoms with Crippen LogP contribution in [0.2, 0.25) is 0 Å². The molecule has 3 amide bonds. The van der Waals surface area contributed by atoms with Crippen molar-refractivity contribution < 1.29 is 14.4 Å². The molecule has 0 fully saturated rings. The van der Waals surface area contributed by atoms with Crippen LogP contribution in [0.4, 0.5) is 11.4 Å². The minimum Gasteiger partial charge on any atom is -0.353 e. The lowest BCUT2D eigenvalue weighted by atomic mass is 10.2. The van der Waals surface area contributed by atoms with E-state index in [9.17, 15) is 14.4 Å². The van der Waals surface area contributed by atoms with Crippen molar-refractivity contribution in [3.8, 4) is 0 Å². The van der Waals surface area contributed by atoms with Gasteiger partial charge in [0.05, 0.1) is 0 Å². The fourth-order valence-corrected chi connectivity index (χ4v) is 1.56. The Morgan fingerprint density at radius 2 is 1.45 bits per heavy atom. The van der Waals surface area contributed by atoms with Crippen LogP contribution in [0.15, 0.2) is 24.3 Å². The summed E-state index contributed by atoms with van der Waals surface area (Å²) >= 11 is 0. The van der Waals surface area contributed by atoms with Gasteiger partial charge in [-0.25, -0.2) is 0 Å². The lowest BCUT2D eigenvalue weighted by molar-refractivity contribution is -0.127. The van der Waals surface area contributed by atoms with Crippen LogP contribution in [0.25, 0.3) is 0 Å². The maximum absolute atomic E-state index is 11.6. The first-order chi connectivity index (χ1) is 9.36. The Hall–Kier alpha value is -2.37. The van der Waals surface area contributed by atoms with Gasteiger partial charge in [-0.2, -0.15) is 0 Å². The van der Waals surface area contributed by atoms with Crippen LogP contribution in [0.1, 0.15) is 27.2 Å². The van der Waals surface area contributed by atoms with E-state index >= 15 is 0 Å². The maximum atomic E-state index is 11.6. The van der Waals surface area contributed by atoms with Crippen LogP contribution in [-0.2, 0) is 14.4 Å². The van der Waals surface area contributed by atoms with Crippen molar-refractivity contribution in [2.24, 2.45) is 0 Å². The minimum atomic E-state index is -0.379. The van der Waals surface area contributed by atoms with E-state index in [1.807, 2.05) is 13.8 Å². The zero-order chi connectivity index (χ0) is 15.1. The molecule has 3 N–H and O–H groups in total. The van der Waals surface area contributed by atoms with E-state index in [1.54, 1.807) is 24.3 Å². The summed E-state index contributed by atoms with van der Waals surface area (Å²) in [7, 11) is 0. The Morgan fingerprint density at radius 3 is 1.90 bits per heavy atom. The van der Waals surface area contributed by atoms with Gasteiger partial charge < -0.3 is 16.0 Å². The number of hydrogen-bond donors (Lipinski definition) is 3. The van der Waals surface area contributed by atoms with E-state index in [0.717, 1.165) is 0 Å². The van der Waals surface area contributed by atoms with E-state index in [2.05, 4.69) is 16.0 Å². The van der Waals surface area contributed by atoms with Gasteiger partial charge in [-0.3, -0.25) is 14.4 Å². The average Bonchev–Trinajstić information content (AvgIpc) is 2.29. The van der Waals surface area contributed by atoms with Crippen molar-refractivity contribution in [1.82, 2.24) is 5.32 Å². The van der Waals surface area contributed by atoms with Gasteiger partial charge in [-0.1, -0.05) is 0 Å². The molecule has 1 aromatic rings. The third kappa shape index (κ3) is 5.99. The number of carbonyl (C=O) groups is 3. The smallest absolute Gasteiger partial charge is 0.233 e. The predicted octanol–water partition coefficient (Wildman–Crippen LogP) is 1.50. The maximum Gasteiger partial charge on any atom is 0.233 e. The number of rotatable bonds is 5. The predicted molar refractivity (Wildman–Crippen MR) is 77.3 cm³/mol. The first kappa shape index (κ1) is 15.7. The molecule has 0 heterocycles. The number of benzene rings is 1. The molecule has 1 aromatic carbocycles. The van der Waals surface area contributed by atoms with Gasteiger partial charge in [0.25, 0.3) is 0 Å². The lowest BCUT2D eigenvalue weighted by Crippen LogP contribution is -2.33. The Morgan fingerprint density at radius 1 is 0.950 bits per heavy atom. The van der Waals surface area contributed by atoms with Gasteiger partial charge in [0.15, 0.2) is 0 Å². The highest BCUT2D eigenvalue weighted by atomic mass is 16.2. The molecule has 0 saturated carbocycles. The van der Waals surface area contributed by atoms with Gasteiger partial charge in [0, 0.05) is 24.3 Å². The van der Waals surface area contributed by atoms with Crippen molar-refractivity contribution in [3.63, 3.8) is 0 Å². The Labute approximate surface area is 117 Å². The van der Waals surface area contributed by atoms with Crippen molar-refractivity contribution >= 4 is 29.1 Å². The molecule has 0 aliphatic carbocycles. The molecule has 0 aliphatic rings. The molecule has 0 radical (unpaired) electrons. The molecule has 0 aliphatic heterocycles. The molecule has 0 aromatic heterocycles. The minimum absolute atomic E-state index is 0.00670. The highest BCUT2D eigenvalue weighted by Gasteiger charge is 2.10. The second kappa shape index (κ2) is 7.28. The molecule has 6 heteroatoms. The zero-order valence-corrected chi connectivity index (χ0v) is 11.8. The quantitative estimate of drug-likeness (QED) is 0.713. The Bertz CT molecular complexity index is 495. The lowest BCUT2D eigenvalue weighted by Gasteiger charge is -2.09. The second-order valence-electron chi connectivity index (χ2n) is 4.71. The summed E-state index contributed by atoms with van der Waals surface area (Å²) in [4.78, 5) is 33.9. The molecule has 20 heavy (non-hydrogen) atoms. The topological polar surface area (TPSA) is 87.3 Å². The van der Waals surface area contributed by atoms with Gasteiger partial charge in [-0.05, 0) is 38.1 Å². The van der Waals surface area contributed by atoms with Crippen LogP contribution < -0.4 is 16.0 Å². The van der Waals surface area contributed by atoms with Gasteiger partial charge in [0.1, 0.15) is 6.42 Å². The standard InChI is InChI=1S/C14H19N3O3/c1-9(2)15-13(19)8-14(20)17-12-6-4-11(5-7-12)16-10(3)18/h4-7,9H,8H2,1-3H3,(H,15,19)(H,16,18)(H,17,20). The van der Waals surface area contributed by atoms with E-state index < -0.39 is 0 Å². The number of carbonyl (C=O) groups excluding carboxylic acids is 3. The molecule has 0 spiro atoms. The molecule has 0 saturated heterocycles. The molecule has 0 atom stereocenters. The number of anilines is 2. The highest BCUT2D eigenvalue weighted by molar-refractivity contribution is 6.03. The number of amides is 3. The summed E-state index contributed by atoms with van der Waals surface area (Å²) in [5, 5.41) is 7.88. The molecule has 6 nitrogen and oxygen atoms in total. The fourth-order valence-electron chi connectivity index (χ4n) is 1.56. The highest BCUT2D eigenvalue weighted by Crippen LogP contribution is 2.13. The third-order valence-electron chi connectivity index (χ3n) is 2.26. The third-order valence-corrected chi connectivity index (χ3v) is 2.26. The monoisotopic (exact) mass is 277 g/mol. The largest absolute Gasteiger partial charge is 0.353 e. The molecule has 108 valence electrons. The van der Waals surface area contributed by atoms with Crippen molar-refractivity contribution in [1.29, 1.82) is 0 Å². The van der Waals surface area contributed by atoms with Crippen LogP contribution in [-0.4, -0.2) is 23.8 Å². The number of nitrogens with one attached hydrogen (secondary N) is 3. The summed E-state index contributed by atoms with van der Waals surface area (Å²) in [6.07, 6.45) is -0.217. The summed E-state index contributed by atoms with van der Waals surface area (Å²) in [6, 6.07) is 6.66. The van der Waals surface area contributed by atoms with Gasteiger partial charge in [0.2, 0.25) is 17.7 Å². The van der Waals surface area contributed by atoms with E-state index in [0.29, 0.717) is 11.4 Å². The van der Waals surface area contributed by atoms with E-state index in [1.165, 1.54) is 6.92 Å². The van der Waals surface area contributed by atoms with Gasteiger partial charge >= 0.3 is 0 Å². The van der Waals surface area contributed by atoms with Crippen LogP contribution in [0.3, 0.4) is 0 Å². The summed E-state index contributed by atoms with van der Waals surface area (Å²) < 4.78 is 0. The van der Waals surface area contributed by atoms with Gasteiger partial charge in [-0.15, -0.1) is 0 Å². The first-order valence-corrected chi connectivity index (χ1v) is 6.33. The molecule has 0 unspecified atom stereocenters. The summed E-state index contributed by atoms with van der Waals surface area (Å²) in [5.41, 5.74) is 1.22. The van der Waals surface area contributed by atoms with Crippen molar-refractivity contribution in [2.75, 3.05) is 10.6 Å². The second-order valence-corrected chi connectivity index (χ2v) is 4.71. The average molecular weight is 277 g/mol. The fraction of sp³-hybridized carbons (Fsp3) is 0.357. The summed E-state index contributed by atoms with van der Waals surface area (Å²) in [5.74, 6) is -0.852. The molecular weight excluding hydrogens is 258 g/mol. The Balaban J connectivity index is 2.50. The van der Waals surface area contributed by atoms with Crippen LogP contribution in [0, 0.1) is 0 Å². The number of hydrogen-bond acceptors (Lipinski definition) is 3. The molecule has 1 rings (SSSR count).